The van der Waals surface area contributed by atoms with Gasteiger partial charge in [-0.3, -0.25) is 4.79 Å². The van der Waals surface area contributed by atoms with Crippen LogP contribution in [0.4, 0.5) is 0 Å². The fraction of sp³-hybridized carbons (Fsp3) is 0.923. The van der Waals surface area contributed by atoms with Crippen molar-refractivity contribution in [3.8, 4) is 0 Å². The van der Waals surface area contributed by atoms with Crippen LogP contribution in [-0.2, 0) is 19.6 Å². The third-order valence-electron chi connectivity index (χ3n) is 4.45. The van der Waals surface area contributed by atoms with Crippen molar-refractivity contribution >= 4 is 16.0 Å². The second-order valence-corrected chi connectivity index (χ2v) is 7.69. The smallest absolute Gasteiger partial charge is 0.310 e. The summed E-state index contributed by atoms with van der Waals surface area (Å²) in [6.45, 7) is 0.285. The van der Waals surface area contributed by atoms with Crippen molar-refractivity contribution in [1.82, 2.24) is 4.31 Å². The van der Waals surface area contributed by atoms with Gasteiger partial charge in [-0.2, -0.15) is 4.31 Å². The number of carbonyl (C=O) groups is 1. The summed E-state index contributed by atoms with van der Waals surface area (Å²) in [7, 11) is -2.26. The van der Waals surface area contributed by atoms with Crippen molar-refractivity contribution in [3.05, 3.63) is 0 Å². The maximum Gasteiger partial charge on any atom is 0.310 e. The van der Waals surface area contributed by atoms with Crippen LogP contribution in [0, 0.1) is 5.92 Å². The summed E-state index contributed by atoms with van der Waals surface area (Å²) in [6.07, 6.45) is 4.21. The lowest BCUT2D eigenvalue weighted by molar-refractivity contribution is -0.145. The van der Waals surface area contributed by atoms with Crippen LogP contribution >= 0.6 is 0 Å². The van der Waals surface area contributed by atoms with Crippen LogP contribution in [0.3, 0.4) is 0 Å². The van der Waals surface area contributed by atoms with Crippen molar-refractivity contribution < 1.29 is 23.1 Å². The Hall–Kier alpha value is -0.660. The Bertz CT molecular complexity index is 450. The van der Waals surface area contributed by atoms with Crippen molar-refractivity contribution in [1.29, 1.82) is 0 Å². The number of hydrogen-bond donors (Lipinski definition) is 1. The van der Waals surface area contributed by atoms with Gasteiger partial charge < -0.3 is 9.84 Å². The average Bonchev–Trinajstić information content (AvgIpc) is 2.96. The number of methoxy groups -OCH3 is 1. The molecular weight excluding hydrogens is 282 g/mol. The van der Waals surface area contributed by atoms with E-state index in [-0.39, 0.29) is 12.6 Å². The van der Waals surface area contributed by atoms with E-state index in [1.54, 1.807) is 0 Å². The van der Waals surface area contributed by atoms with Gasteiger partial charge in [0.1, 0.15) is 0 Å². The van der Waals surface area contributed by atoms with Gasteiger partial charge in [0.05, 0.1) is 24.9 Å². The van der Waals surface area contributed by atoms with E-state index in [1.165, 1.54) is 11.4 Å². The van der Waals surface area contributed by atoms with Gasteiger partial charge >= 0.3 is 5.97 Å². The Labute approximate surface area is 120 Å². The minimum absolute atomic E-state index is 0.158. The van der Waals surface area contributed by atoms with E-state index in [1.807, 2.05) is 0 Å². The van der Waals surface area contributed by atoms with Crippen molar-refractivity contribution in [2.24, 2.45) is 5.92 Å². The first kappa shape index (κ1) is 15.7. The van der Waals surface area contributed by atoms with Gasteiger partial charge in [0, 0.05) is 12.6 Å². The van der Waals surface area contributed by atoms with Crippen LogP contribution in [0.1, 0.15) is 38.5 Å². The highest BCUT2D eigenvalue weighted by atomic mass is 32.2. The molecule has 7 heteroatoms. The molecule has 1 saturated heterocycles. The number of sulfonamides is 1. The quantitative estimate of drug-likeness (QED) is 0.765. The molecule has 2 rings (SSSR count). The summed E-state index contributed by atoms with van der Waals surface area (Å²) in [4.78, 5) is 11.8. The van der Waals surface area contributed by atoms with Crippen molar-refractivity contribution in [2.75, 3.05) is 20.3 Å². The fourth-order valence-electron chi connectivity index (χ4n) is 3.37. The van der Waals surface area contributed by atoms with Crippen LogP contribution in [0.15, 0.2) is 0 Å². The first-order chi connectivity index (χ1) is 9.52. The summed E-state index contributed by atoms with van der Waals surface area (Å²) in [5.74, 6) is -1.00. The zero-order chi connectivity index (χ0) is 14.8. The molecule has 2 aliphatic rings. The van der Waals surface area contributed by atoms with Gasteiger partial charge in [-0.1, -0.05) is 12.8 Å². The molecule has 3 atom stereocenters. The third-order valence-corrected chi connectivity index (χ3v) is 6.91. The molecule has 6 nitrogen and oxygen atoms in total. The lowest BCUT2D eigenvalue weighted by atomic mass is 10.1. The van der Waals surface area contributed by atoms with Gasteiger partial charge in [-0.05, 0) is 25.7 Å². The number of rotatable bonds is 4. The molecule has 0 aromatic rings. The van der Waals surface area contributed by atoms with Crippen LogP contribution in [0.25, 0.3) is 0 Å². The van der Waals surface area contributed by atoms with Crippen LogP contribution in [0.5, 0.6) is 0 Å². The first-order valence-electron chi connectivity index (χ1n) is 7.21. The monoisotopic (exact) mass is 305 g/mol. The van der Waals surface area contributed by atoms with E-state index < -0.39 is 27.2 Å². The predicted octanol–water partition coefficient (Wildman–Crippen LogP) is 0.505. The highest BCUT2D eigenvalue weighted by Gasteiger charge is 2.46. The van der Waals surface area contributed by atoms with Crippen molar-refractivity contribution in [2.45, 2.75) is 49.8 Å². The van der Waals surface area contributed by atoms with Crippen LogP contribution < -0.4 is 0 Å². The number of nitrogens with zero attached hydrogens (tertiary/aromatic N) is 1. The lowest BCUT2D eigenvalue weighted by Crippen LogP contribution is -2.50. The molecule has 1 saturated carbocycles. The Balaban J connectivity index is 2.22. The van der Waals surface area contributed by atoms with E-state index in [9.17, 15) is 18.3 Å². The second kappa shape index (κ2) is 6.41. The maximum absolute atomic E-state index is 12.8. The fourth-order valence-corrected chi connectivity index (χ4v) is 5.81. The highest BCUT2D eigenvalue weighted by Crippen LogP contribution is 2.35. The van der Waals surface area contributed by atoms with E-state index in [0.29, 0.717) is 25.8 Å². The van der Waals surface area contributed by atoms with E-state index in [4.69, 9.17) is 4.74 Å². The van der Waals surface area contributed by atoms with Crippen LogP contribution in [-0.4, -0.2) is 55.4 Å². The maximum atomic E-state index is 12.8. The van der Waals surface area contributed by atoms with Gasteiger partial charge in [-0.15, -0.1) is 0 Å². The first-order valence-corrected chi connectivity index (χ1v) is 8.72. The number of hydrogen-bond acceptors (Lipinski definition) is 5. The van der Waals surface area contributed by atoms with Gasteiger partial charge in [0.25, 0.3) is 0 Å². The average molecular weight is 305 g/mol. The van der Waals surface area contributed by atoms with E-state index in [0.717, 1.165) is 19.3 Å². The SMILES string of the molecule is COC(=O)C1CCCC1S(=O)(=O)N1CCCCC1CO. The molecule has 1 N–H and O–H groups in total. The molecule has 0 radical (unpaired) electrons. The Morgan fingerprint density at radius 1 is 1.25 bits per heavy atom. The molecular formula is C13H23NO5S. The molecule has 0 spiro atoms. The Morgan fingerprint density at radius 3 is 2.65 bits per heavy atom. The molecule has 3 unspecified atom stereocenters. The molecule has 1 heterocycles. The standard InChI is InChI=1S/C13H23NO5S/c1-19-13(16)11-6-4-7-12(11)20(17,18)14-8-3-2-5-10(14)9-15/h10-12,15H,2-9H2,1H3. The van der Waals surface area contributed by atoms with Gasteiger partial charge in [-0.25, -0.2) is 8.42 Å². The summed E-state index contributed by atoms with van der Waals surface area (Å²) in [6, 6.07) is -0.340. The Morgan fingerprint density at radius 2 is 2.00 bits per heavy atom. The summed E-state index contributed by atoms with van der Waals surface area (Å²) in [5, 5.41) is 8.70. The minimum atomic E-state index is -3.55. The van der Waals surface area contributed by atoms with Crippen molar-refractivity contribution in [3.63, 3.8) is 0 Å². The number of ether oxygens (including phenoxy) is 1. The summed E-state index contributed by atoms with van der Waals surface area (Å²) < 4.78 is 31.7. The molecule has 0 amide bonds. The van der Waals surface area contributed by atoms with Crippen LogP contribution in [0.2, 0.25) is 0 Å². The summed E-state index contributed by atoms with van der Waals surface area (Å²) >= 11 is 0. The Kier molecular flexibility index (Phi) is 5.04. The van der Waals surface area contributed by atoms with E-state index >= 15 is 0 Å². The number of aliphatic hydroxyl groups excluding tert-OH is 1. The predicted molar refractivity (Wildman–Crippen MR) is 73.5 cm³/mol. The second-order valence-electron chi connectivity index (χ2n) is 5.59. The molecule has 0 aromatic carbocycles. The zero-order valence-electron chi connectivity index (χ0n) is 11.8. The molecule has 0 aromatic heterocycles. The summed E-state index contributed by atoms with van der Waals surface area (Å²) in [5.41, 5.74) is 0. The molecule has 0 bridgehead atoms. The number of carbonyl (C=O) groups excluding carboxylic acids is 1. The topological polar surface area (TPSA) is 83.9 Å². The molecule has 1 aliphatic carbocycles. The largest absolute Gasteiger partial charge is 0.469 e. The minimum Gasteiger partial charge on any atom is -0.469 e. The normalized spacial score (nSPS) is 32.2. The number of esters is 1. The number of aliphatic hydroxyl groups is 1. The van der Waals surface area contributed by atoms with E-state index in [2.05, 4.69) is 0 Å². The molecule has 1 aliphatic heterocycles. The number of piperidine rings is 1. The molecule has 2 fully saturated rings. The highest BCUT2D eigenvalue weighted by molar-refractivity contribution is 7.89. The lowest BCUT2D eigenvalue weighted by Gasteiger charge is -2.36. The zero-order valence-corrected chi connectivity index (χ0v) is 12.6. The van der Waals surface area contributed by atoms with Gasteiger partial charge in [0.2, 0.25) is 10.0 Å². The molecule has 116 valence electrons. The third kappa shape index (κ3) is 2.84. The van der Waals surface area contributed by atoms with Gasteiger partial charge in [0.15, 0.2) is 0 Å². The molecule has 20 heavy (non-hydrogen) atoms.